The molecule has 5 heteroatoms. The number of nitrogens with zero attached hydrogens (tertiary/aromatic N) is 3. The molecular formula is C19H27ClN4. The van der Waals surface area contributed by atoms with Crippen molar-refractivity contribution in [3.05, 3.63) is 29.3 Å². The second kappa shape index (κ2) is 8.04. The Balaban J connectivity index is 1.86. The fraction of sp³-hybridized carbons (Fsp3) is 0.526. The van der Waals surface area contributed by atoms with E-state index in [1.807, 2.05) is 18.2 Å². The number of pyridine rings is 1. The molecule has 1 aliphatic rings. The summed E-state index contributed by atoms with van der Waals surface area (Å²) in [6.45, 7) is 10.7. The van der Waals surface area contributed by atoms with Crippen LogP contribution in [0.4, 0.5) is 11.5 Å². The van der Waals surface area contributed by atoms with E-state index in [2.05, 4.69) is 35.0 Å². The number of nitrogens with one attached hydrogen (secondary N) is 1. The second-order valence-electron chi connectivity index (χ2n) is 6.34. The lowest BCUT2D eigenvalue weighted by Gasteiger charge is -2.21. The van der Waals surface area contributed by atoms with Gasteiger partial charge in [-0.2, -0.15) is 0 Å². The molecule has 1 aromatic heterocycles. The zero-order chi connectivity index (χ0) is 16.9. The molecule has 1 N–H and O–H groups in total. The molecular weight excluding hydrogens is 320 g/mol. The Morgan fingerprint density at radius 3 is 2.62 bits per heavy atom. The fourth-order valence-electron chi connectivity index (χ4n) is 3.33. The van der Waals surface area contributed by atoms with Crippen molar-refractivity contribution in [3.8, 4) is 0 Å². The first kappa shape index (κ1) is 17.3. The molecule has 1 aliphatic heterocycles. The maximum atomic E-state index is 6.21. The number of rotatable bonds is 7. The van der Waals surface area contributed by atoms with Crippen molar-refractivity contribution >= 4 is 34.0 Å². The standard InChI is InChI=1S/C19H27ClN4/c1-3-23(4-2)12-9-21-18-14-19(24-10-5-6-11-24)22-17-8-7-15(20)13-16(17)18/h7-8,13-14H,3-6,9-12H2,1-2H3,(H,21,22). The summed E-state index contributed by atoms with van der Waals surface area (Å²) in [6, 6.07) is 8.14. The fourth-order valence-corrected chi connectivity index (χ4v) is 3.50. The number of fused-ring (bicyclic) bond motifs is 1. The third-order valence-electron chi connectivity index (χ3n) is 4.83. The zero-order valence-corrected chi connectivity index (χ0v) is 15.4. The molecule has 0 spiro atoms. The van der Waals surface area contributed by atoms with Gasteiger partial charge in [-0.25, -0.2) is 4.98 Å². The lowest BCUT2D eigenvalue weighted by molar-refractivity contribution is 0.316. The highest BCUT2D eigenvalue weighted by atomic mass is 35.5. The van der Waals surface area contributed by atoms with Crippen LogP contribution in [0.15, 0.2) is 24.3 Å². The molecule has 4 nitrogen and oxygen atoms in total. The molecule has 0 saturated carbocycles. The zero-order valence-electron chi connectivity index (χ0n) is 14.7. The Morgan fingerprint density at radius 2 is 1.92 bits per heavy atom. The van der Waals surface area contributed by atoms with Crippen LogP contribution < -0.4 is 10.2 Å². The van der Waals surface area contributed by atoms with E-state index in [-0.39, 0.29) is 0 Å². The maximum absolute atomic E-state index is 6.21. The highest BCUT2D eigenvalue weighted by Gasteiger charge is 2.16. The van der Waals surface area contributed by atoms with E-state index in [9.17, 15) is 0 Å². The van der Waals surface area contributed by atoms with Crippen LogP contribution in [0, 0.1) is 0 Å². The molecule has 0 aliphatic carbocycles. The van der Waals surface area contributed by atoms with Crippen molar-refractivity contribution in [2.45, 2.75) is 26.7 Å². The Labute approximate surface area is 149 Å². The van der Waals surface area contributed by atoms with E-state index >= 15 is 0 Å². The van der Waals surface area contributed by atoms with Gasteiger partial charge in [0.15, 0.2) is 0 Å². The van der Waals surface area contributed by atoms with Crippen LogP contribution in [0.25, 0.3) is 10.9 Å². The summed E-state index contributed by atoms with van der Waals surface area (Å²) in [5.74, 6) is 1.08. The average Bonchev–Trinajstić information content (AvgIpc) is 3.13. The third-order valence-corrected chi connectivity index (χ3v) is 5.06. The van der Waals surface area contributed by atoms with E-state index < -0.39 is 0 Å². The smallest absolute Gasteiger partial charge is 0.131 e. The van der Waals surface area contributed by atoms with Gasteiger partial charge >= 0.3 is 0 Å². The molecule has 24 heavy (non-hydrogen) atoms. The number of anilines is 2. The van der Waals surface area contributed by atoms with E-state index in [0.29, 0.717) is 0 Å². The van der Waals surface area contributed by atoms with Gasteiger partial charge in [-0.1, -0.05) is 25.4 Å². The molecule has 0 unspecified atom stereocenters. The highest BCUT2D eigenvalue weighted by Crippen LogP contribution is 2.30. The number of aromatic nitrogens is 1. The van der Waals surface area contributed by atoms with Gasteiger partial charge in [-0.15, -0.1) is 0 Å². The van der Waals surface area contributed by atoms with Crippen LogP contribution in [-0.4, -0.2) is 49.2 Å². The molecule has 1 fully saturated rings. The van der Waals surface area contributed by atoms with Crippen LogP contribution in [0.2, 0.25) is 5.02 Å². The summed E-state index contributed by atoms with van der Waals surface area (Å²) in [5.41, 5.74) is 2.14. The van der Waals surface area contributed by atoms with Crippen LogP contribution in [0.3, 0.4) is 0 Å². The first-order valence-electron chi connectivity index (χ1n) is 9.02. The van der Waals surface area contributed by atoms with Crippen molar-refractivity contribution in [1.29, 1.82) is 0 Å². The third kappa shape index (κ3) is 3.93. The molecule has 1 saturated heterocycles. The lowest BCUT2D eigenvalue weighted by Crippen LogP contribution is -2.28. The summed E-state index contributed by atoms with van der Waals surface area (Å²) in [6.07, 6.45) is 2.51. The van der Waals surface area contributed by atoms with Gasteiger partial charge in [0, 0.05) is 48.3 Å². The van der Waals surface area contributed by atoms with Crippen LogP contribution in [-0.2, 0) is 0 Å². The maximum Gasteiger partial charge on any atom is 0.131 e. The van der Waals surface area contributed by atoms with Gasteiger partial charge in [0.1, 0.15) is 5.82 Å². The minimum atomic E-state index is 0.755. The minimum absolute atomic E-state index is 0.755. The van der Waals surface area contributed by atoms with Gasteiger partial charge in [0.2, 0.25) is 0 Å². The number of hydrogen-bond donors (Lipinski definition) is 1. The number of hydrogen-bond acceptors (Lipinski definition) is 4. The van der Waals surface area contributed by atoms with Crippen LogP contribution in [0.1, 0.15) is 26.7 Å². The largest absolute Gasteiger partial charge is 0.383 e. The number of likely N-dealkylation sites (N-methyl/N-ethyl adjacent to an activating group) is 1. The predicted octanol–water partition coefficient (Wildman–Crippen LogP) is 4.24. The summed E-state index contributed by atoms with van der Waals surface area (Å²) in [5, 5.41) is 5.47. The lowest BCUT2D eigenvalue weighted by atomic mass is 10.1. The summed E-state index contributed by atoms with van der Waals surface area (Å²) < 4.78 is 0. The minimum Gasteiger partial charge on any atom is -0.383 e. The van der Waals surface area contributed by atoms with Crippen molar-refractivity contribution in [2.75, 3.05) is 49.5 Å². The van der Waals surface area contributed by atoms with E-state index in [0.717, 1.165) is 66.7 Å². The summed E-state index contributed by atoms with van der Waals surface area (Å²) >= 11 is 6.21. The van der Waals surface area contributed by atoms with Gasteiger partial charge in [0.25, 0.3) is 0 Å². The van der Waals surface area contributed by atoms with E-state index in [4.69, 9.17) is 16.6 Å². The monoisotopic (exact) mass is 346 g/mol. The molecule has 0 radical (unpaired) electrons. The second-order valence-corrected chi connectivity index (χ2v) is 6.77. The first-order valence-corrected chi connectivity index (χ1v) is 9.40. The molecule has 3 rings (SSSR count). The normalized spacial score (nSPS) is 14.8. The first-order chi connectivity index (χ1) is 11.7. The Bertz CT molecular complexity index is 678. The van der Waals surface area contributed by atoms with Gasteiger partial charge < -0.3 is 15.1 Å². The SMILES string of the molecule is CCN(CC)CCNc1cc(N2CCCC2)nc2ccc(Cl)cc12. The van der Waals surface area contributed by atoms with Gasteiger partial charge in [-0.05, 0) is 44.1 Å². The van der Waals surface area contributed by atoms with Crippen molar-refractivity contribution in [2.24, 2.45) is 0 Å². The van der Waals surface area contributed by atoms with Crippen molar-refractivity contribution in [1.82, 2.24) is 9.88 Å². The summed E-state index contributed by atoms with van der Waals surface area (Å²) in [4.78, 5) is 9.65. The van der Waals surface area contributed by atoms with E-state index in [1.54, 1.807) is 0 Å². The van der Waals surface area contributed by atoms with Gasteiger partial charge in [-0.3, -0.25) is 0 Å². The molecule has 1 aromatic carbocycles. The van der Waals surface area contributed by atoms with Crippen LogP contribution >= 0.6 is 11.6 Å². The highest BCUT2D eigenvalue weighted by molar-refractivity contribution is 6.31. The topological polar surface area (TPSA) is 31.4 Å². The van der Waals surface area contributed by atoms with Crippen molar-refractivity contribution in [3.63, 3.8) is 0 Å². The van der Waals surface area contributed by atoms with Crippen LogP contribution in [0.5, 0.6) is 0 Å². The average molecular weight is 347 g/mol. The summed E-state index contributed by atoms with van der Waals surface area (Å²) in [7, 11) is 0. The molecule has 2 aromatic rings. The molecule has 0 bridgehead atoms. The molecule has 0 amide bonds. The van der Waals surface area contributed by atoms with E-state index in [1.165, 1.54) is 12.8 Å². The molecule has 0 atom stereocenters. The van der Waals surface area contributed by atoms with Gasteiger partial charge in [0.05, 0.1) is 5.52 Å². The number of benzene rings is 1. The van der Waals surface area contributed by atoms with Crippen molar-refractivity contribution < 1.29 is 0 Å². The quantitative estimate of drug-likeness (QED) is 0.812. The Hall–Kier alpha value is -1.52. The number of halogens is 1. The Kier molecular flexibility index (Phi) is 5.80. The predicted molar refractivity (Wildman–Crippen MR) is 104 cm³/mol. The molecule has 2 heterocycles. The molecule has 130 valence electrons. The Morgan fingerprint density at radius 1 is 1.17 bits per heavy atom.